The lowest BCUT2D eigenvalue weighted by molar-refractivity contribution is 0.0318. The number of hydrogen-bond donors (Lipinski definition) is 0. The van der Waals surface area contributed by atoms with Crippen molar-refractivity contribution in [2.24, 2.45) is 0 Å². The molecule has 0 saturated carbocycles. The lowest BCUT2D eigenvalue weighted by atomic mass is 10.1. The molecule has 2 aromatic rings. The SMILES string of the molecule is Cc1ccc(C(=O)[C@H](C)OC(=O)c2cccnc2)cc1. The predicted molar refractivity (Wildman–Crippen MR) is 74.6 cm³/mol. The monoisotopic (exact) mass is 269 g/mol. The lowest BCUT2D eigenvalue weighted by Crippen LogP contribution is -2.24. The second-order valence-electron chi connectivity index (χ2n) is 4.52. The third-order valence-corrected chi connectivity index (χ3v) is 2.89. The quantitative estimate of drug-likeness (QED) is 0.632. The molecule has 2 rings (SSSR count). The summed E-state index contributed by atoms with van der Waals surface area (Å²) in [6.45, 7) is 3.51. The summed E-state index contributed by atoms with van der Waals surface area (Å²) in [4.78, 5) is 27.8. The number of rotatable bonds is 4. The summed E-state index contributed by atoms with van der Waals surface area (Å²) in [5.41, 5.74) is 1.93. The summed E-state index contributed by atoms with van der Waals surface area (Å²) >= 11 is 0. The first-order valence-corrected chi connectivity index (χ1v) is 6.30. The number of carbonyl (C=O) groups is 2. The van der Waals surface area contributed by atoms with Gasteiger partial charge in [-0.1, -0.05) is 29.8 Å². The summed E-state index contributed by atoms with van der Waals surface area (Å²) in [5, 5.41) is 0. The Morgan fingerprint density at radius 1 is 1.10 bits per heavy atom. The van der Waals surface area contributed by atoms with Gasteiger partial charge in [0.05, 0.1) is 5.56 Å². The van der Waals surface area contributed by atoms with Crippen LogP contribution in [-0.2, 0) is 4.74 Å². The van der Waals surface area contributed by atoms with Crippen LogP contribution in [-0.4, -0.2) is 22.8 Å². The van der Waals surface area contributed by atoms with Gasteiger partial charge in [-0.15, -0.1) is 0 Å². The van der Waals surface area contributed by atoms with Gasteiger partial charge in [0.2, 0.25) is 5.78 Å². The minimum absolute atomic E-state index is 0.220. The fourth-order valence-electron chi connectivity index (χ4n) is 1.72. The number of aryl methyl sites for hydroxylation is 1. The number of aromatic nitrogens is 1. The van der Waals surface area contributed by atoms with Gasteiger partial charge in [-0.25, -0.2) is 4.79 Å². The number of hydrogen-bond acceptors (Lipinski definition) is 4. The largest absolute Gasteiger partial charge is 0.451 e. The molecule has 1 heterocycles. The second kappa shape index (κ2) is 6.10. The number of pyridine rings is 1. The topological polar surface area (TPSA) is 56.3 Å². The Hall–Kier alpha value is -2.49. The maximum Gasteiger partial charge on any atom is 0.340 e. The molecule has 0 amide bonds. The minimum Gasteiger partial charge on any atom is -0.451 e. The van der Waals surface area contributed by atoms with Gasteiger partial charge in [-0.2, -0.15) is 0 Å². The second-order valence-corrected chi connectivity index (χ2v) is 4.52. The third kappa shape index (κ3) is 3.29. The van der Waals surface area contributed by atoms with Crippen LogP contribution in [0.4, 0.5) is 0 Å². The molecule has 0 fully saturated rings. The molecule has 0 saturated heterocycles. The van der Waals surface area contributed by atoms with Crippen LogP contribution in [0.3, 0.4) is 0 Å². The van der Waals surface area contributed by atoms with Crippen LogP contribution < -0.4 is 0 Å². The molecule has 0 radical (unpaired) electrons. The van der Waals surface area contributed by atoms with Gasteiger partial charge in [0.1, 0.15) is 0 Å². The van der Waals surface area contributed by atoms with E-state index in [1.54, 1.807) is 37.4 Å². The number of esters is 1. The smallest absolute Gasteiger partial charge is 0.340 e. The molecule has 0 spiro atoms. The van der Waals surface area contributed by atoms with Crippen molar-refractivity contribution in [3.8, 4) is 0 Å². The van der Waals surface area contributed by atoms with Crippen molar-refractivity contribution >= 4 is 11.8 Å². The van der Waals surface area contributed by atoms with E-state index in [1.807, 2.05) is 19.1 Å². The molecule has 4 heteroatoms. The zero-order valence-electron chi connectivity index (χ0n) is 11.4. The van der Waals surface area contributed by atoms with E-state index in [-0.39, 0.29) is 5.78 Å². The number of ether oxygens (including phenoxy) is 1. The van der Waals surface area contributed by atoms with E-state index < -0.39 is 12.1 Å². The Balaban J connectivity index is 2.05. The average Bonchev–Trinajstić information content (AvgIpc) is 2.48. The van der Waals surface area contributed by atoms with Crippen LogP contribution in [0.25, 0.3) is 0 Å². The van der Waals surface area contributed by atoms with E-state index in [9.17, 15) is 9.59 Å². The molecule has 0 aliphatic carbocycles. The Kier molecular flexibility index (Phi) is 4.25. The first-order chi connectivity index (χ1) is 9.58. The van der Waals surface area contributed by atoms with Gasteiger partial charge in [0, 0.05) is 18.0 Å². The summed E-state index contributed by atoms with van der Waals surface area (Å²) in [6, 6.07) is 10.4. The molecule has 102 valence electrons. The number of Topliss-reactive ketones (excluding diaryl/α,β-unsaturated/α-hetero) is 1. The standard InChI is InChI=1S/C16H15NO3/c1-11-5-7-13(8-6-11)15(18)12(2)20-16(19)14-4-3-9-17-10-14/h3-10,12H,1-2H3/t12-/m0/s1. The van der Waals surface area contributed by atoms with Crippen molar-refractivity contribution in [2.75, 3.05) is 0 Å². The molecular weight excluding hydrogens is 254 g/mol. The normalized spacial score (nSPS) is 11.7. The van der Waals surface area contributed by atoms with Gasteiger partial charge in [-0.3, -0.25) is 9.78 Å². The maximum atomic E-state index is 12.1. The van der Waals surface area contributed by atoms with Crippen LogP contribution in [0.5, 0.6) is 0 Å². The third-order valence-electron chi connectivity index (χ3n) is 2.89. The Bertz CT molecular complexity index is 605. The number of carbonyl (C=O) groups excluding carboxylic acids is 2. The van der Waals surface area contributed by atoms with E-state index in [1.165, 1.54) is 6.20 Å². The van der Waals surface area contributed by atoms with Crippen LogP contribution in [0, 0.1) is 6.92 Å². The van der Waals surface area contributed by atoms with E-state index >= 15 is 0 Å². The van der Waals surface area contributed by atoms with Crippen LogP contribution in [0.1, 0.15) is 33.2 Å². The van der Waals surface area contributed by atoms with E-state index in [0.717, 1.165) is 5.56 Å². The molecule has 0 aliphatic heterocycles. The fourth-order valence-corrected chi connectivity index (χ4v) is 1.72. The van der Waals surface area contributed by atoms with Gasteiger partial charge < -0.3 is 4.74 Å². The molecule has 0 N–H and O–H groups in total. The van der Waals surface area contributed by atoms with Gasteiger partial charge in [0.25, 0.3) is 0 Å². The van der Waals surface area contributed by atoms with Crippen LogP contribution in [0.2, 0.25) is 0 Å². The highest BCUT2D eigenvalue weighted by Gasteiger charge is 2.20. The van der Waals surface area contributed by atoms with Gasteiger partial charge >= 0.3 is 5.97 Å². The van der Waals surface area contributed by atoms with Crippen LogP contribution >= 0.6 is 0 Å². The Labute approximate surface area is 117 Å². The molecule has 1 atom stereocenters. The lowest BCUT2D eigenvalue weighted by Gasteiger charge is -2.12. The van der Waals surface area contributed by atoms with Crippen molar-refractivity contribution in [1.29, 1.82) is 0 Å². The van der Waals surface area contributed by atoms with E-state index in [2.05, 4.69) is 4.98 Å². The molecular formula is C16H15NO3. The van der Waals surface area contributed by atoms with Crippen molar-refractivity contribution < 1.29 is 14.3 Å². The van der Waals surface area contributed by atoms with Gasteiger partial charge in [-0.05, 0) is 26.0 Å². The minimum atomic E-state index is -0.828. The Morgan fingerprint density at radius 2 is 1.80 bits per heavy atom. The highest BCUT2D eigenvalue weighted by atomic mass is 16.5. The molecule has 0 bridgehead atoms. The maximum absolute atomic E-state index is 12.1. The molecule has 1 aromatic heterocycles. The predicted octanol–water partition coefficient (Wildman–Crippen LogP) is 2.82. The molecule has 0 unspecified atom stereocenters. The van der Waals surface area contributed by atoms with Crippen molar-refractivity contribution in [1.82, 2.24) is 4.98 Å². The molecule has 20 heavy (non-hydrogen) atoms. The summed E-state index contributed by atoms with van der Waals surface area (Å²) in [5.74, 6) is -0.770. The highest BCUT2D eigenvalue weighted by Crippen LogP contribution is 2.10. The van der Waals surface area contributed by atoms with Crippen molar-refractivity contribution in [2.45, 2.75) is 20.0 Å². The van der Waals surface area contributed by atoms with E-state index in [4.69, 9.17) is 4.74 Å². The number of benzene rings is 1. The molecule has 1 aromatic carbocycles. The summed E-state index contributed by atoms with van der Waals surface area (Å²) < 4.78 is 5.15. The molecule has 0 aliphatic rings. The van der Waals surface area contributed by atoms with Crippen molar-refractivity contribution in [3.63, 3.8) is 0 Å². The molecule has 4 nitrogen and oxygen atoms in total. The number of ketones is 1. The zero-order valence-corrected chi connectivity index (χ0v) is 11.4. The average molecular weight is 269 g/mol. The summed E-state index contributed by atoms with van der Waals surface area (Å²) in [6.07, 6.45) is 2.15. The zero-order chi connectivity index (χ0) is 14.5. The van der Waals surface area contributed by atoms with Crippen LogP contribution in [0.15, 0.2) is 48.8 Å². The first-order valence-electron chi connectivity index (χ1n) is 6.30. The fraction of sp³-hybridized carbons (Fsp3) is 0.188. The Morgan fingerprint density at radius 3 is 2.40 bits per heavy atom. The highest BCUT2D eigenvalue weighted by molar-refractivity contribution is 6.01. The number of nitrogens with zero attached hydrogens (tertiary/aromatic N) is 1. The van der Waals surface area contributed by atoms with E-state index in [0.29, 0.717) is 11.1 Å². The first kappa shape index (κ1) is 13.9. The van der Waals surface area contributed by atoms with Gasteiger partial charge in [0.15, 0.2) is 6.10 Å². The summed E-state index contributed by atoms with van der Waals surface area (Å²) in [7, 11) is 0. The van der Waals surface area contributed by atoms with Crippen molar-refractivity contribution in [3.05, 3.63) is 65.5 Å².